The molecule has 0 spiro atoms. The van der Waals surface area contributed by atoms with Crippen LogP contribution in [0.4, 0.5) is 0 Å². The van der Waals surface area contributed by atoms with E-state index in [9.17, 15) is 0 Å². The molecule has 3 rings (SSSR count). The van der Waals surface area contributed by atoms with Crippen molar-refractivity contribution in [2.24, 2.45) is 0 Å². The molecule has 1 aliphatic rings. The maximum absolute atomic E-state index is 4.63. The Morgan fingerprint density at radius 1 is 1.38 bits per heavy atom. The number of aromatic nitrogens is 2. The lowest BCUT2D eigenvalue weighted by molar-refractivity contribution is 0.548. The van der Waals surface area contributed by atoms with Crippen molar-refractivity contribution in [2.45, 2.75) is 26.3 Å². The van der Waals surface area contributed by atoms with E-state index < -0.39 is 0 Å². The lowest BCUT2D eigenvalue weighted by Crippen LogP contribution is -2.14. The first-order chi connectivity index (χ1) is 7.75. The van der Waals surface area contributed by atoms with E-state index in [1.807, 2.05) is 0 Å². The van der Waals surface area contributed by atoms with Gasteiger partial charge in [-0.25, -0.2) is 4.98 Å². The SMILES string of the molecule is Cc1ccc2nc(C)n([C@@H]3CCNC3)c2c1. The number of nitrogens with zero attached hydrogens (tertiary/aromatic N) is 2. The van der Waals surface area contributed by atoms with E-state index in [0.717, 1.165) is 24.4 Å². The summed E-state index contributed by atoms with van der Waals surface area (Å²) in [5, 5.41) is 3.42. The summed E-state index contributed by atoms with van der Waals surface area (Å²) in [4.78, 5) is 4.63. The fraction of sp³-hybridized carbons (Fsp3) is 0.462. The molecule has 1 aromatic carbocycles. The predicted molar refractivity (Wildman–Crippen MR) is 65.7 cm³/mol. The second-order valence-electron chi connectivity index (χ2n) is 4.67. The van der Waals surface area contributed by atoms with Crippen LogP contribution in [-0.2, 0) is 0 Å². The molecule has 1 aromatic heterocycles. The van der Waals surface area contributed by atoms with Crippen LogP contribution in [0.5, 0.6) is 0 Å². The fourth-order valence-electron chi connectivity index (χ4n) is 2.64. The van der Waals surface area contributed by atoms with Crippen LogP contribution >= 0.6 is 0 Å². The Labute approximate surface area is 95.5 Å². The molecule has 0 saturated carbocycles. The maximum Gasteiger partial charge on any atom is 0.107 e. The summed E-state index contributed by atoms with van der Waals surface area (Å²) in [6.07, 6.45) is 1.21. The van der Waals surface area contributed by atoms with Gasteiger partial charge < -0.3 is 9.88 Å². The van der Waals surface area contributed by atoms with Gasteiger partial charge >= 0.3 is 0 Å². The molecule has 16 heavy (non-hydrogen) atoms. The first-order valence-electron chi connectivity index (χ1n) is 5.91. The molecule has 0 radical (unpaired) electrons. The molecule has 0 unspecified atom stereocenters. The monoisotopic (exact) mass is 215 g/mol. The number of imidazole rings is 1. The zero-order valence-corrected chi connectivity index (χ0v) is 9.83. The maximum atomic E-state index is 4.63. The molecule has 3 heteroatoms. The van der Waals surface area contributed by atoms with Gasteiger partial charge in [0.05, 0.1) is 11.0 Å². The van der Waals surface area contributed by atoms with Crippen molar-refractivity contribution in [1.29, 1.82) is 0 Å². The number of rotatable bonds is 1. The third kappa shape index (κ3) is 1.43. The topological polar surface area (TPSA) is 29.9 Å². The number of aryl methyl sites for hydroxylation is 2. The Morgan fingerprint density at radius 2 is 2.25 bits per heavy atom. The Hall–Kier alpha value is -1.35. The minimum Gasteiger partial charge on any atom is -0.324 e. The summed E-state index contributed by atoms with van der Waals surface area (Å²) in [5.41, 5.74) is 3.71. The summed E-state index contributed by atoms with van der Waals surface area (Å²) in [6, 6.07) is 7.07. The van der Waals surface area contributed by atoms with E-state index in [1.165, 1.54) is 17.5 Å². The molecule has 1 aliphatic heterocycles. The molecule has 2 heterocycles. The average Bonchev–Trinajstić information content (AvgIpc) is 2.83. The molecular weight excluding hydrogens is 198 g/mol. The number of fused-ring (bicyclic) bond motifs is 1. The van der Waals surface area contributed by atoms with Crippen molar-refractivity contribution in [3.05, 3.63) is 29.6 Å². The lowest BCUT2D eigenvalue weighted by Gasteiger charge is -2.14. The second-order valence-corrected chi connectivity index (χ2v) is 4.67. The number of hydrogen-bond donors (Lipinski definition) is 1. The highest BCUT2D eigenvalue weighted by Crippen LogP contribution is 2.25. The fourth-order valence-corrected chi connectivity index (χ4v) is 2.64. The van der Waals surface area contributed by atoms with Gasteiger partial charge in [-0.15, -0.1) is 0 Å². The van der Waals surface area contributed by atoms with Gasteiger partial charge in [-0.2, -0.15) is 0 Å². The number of nitrogens with one attached hydrogen (secondary N) is 1. The number of hydrogen-bond acceptors (Lipinski definition) is 2. The smallest absolute Gasteiger partial charge is 0.107 e. The van der Waals surface area contributed by atoms with E-state index in [2.05, 4.69) is 46.9 Å². The van der Waals surface area contributed by atoms with Gasteiger partial charge in [0.1, 0.15) is 5.82 Å². The molecule has 0 amide bonds. The molecule has 1 N–H and O–H groups in total. The highest BCUT2D eigenvalue weighted by molar-refractivity contribution is 5.77. The van der Waals surface area contributed by atoms with E-state index in [4.69, 9.17) is 0 Å². The average molecular weight is 215 g/mol. The van der Waals surface area contributed by atoms with Crippen molar-refractivity contribution >= 4 is 11.0 Å². The standard InChI is InChI=1S/C13H17N3/c1-9-3-4-12-13(7-9)16(10(2)15-12)11-5-6-14-8-11/h3-4,7,11,14H,5-6,8H2,1-2H3/t11-/m1/s1. The highest BCUT2D eigenvalue weighted by Gasteiger charge is 2.20. The Kier molecular flexibility index (Phi) is 2.21. The normalized spacial score (nSPS) is 20.8. The molecule has 1 atom stereocenters. The van der Waals surface area contributed by atoms with Gasteiger partial charge in [0, 0.05) is 12.6 Å². The molecule has 84 valence electrons. The van der Waals surface area contributed by atoms with Crippen LogP contribution in [0.15, 0.2) is 18.2 Å². The van der Waals surface area contributed by atoms with Gasteiger partial charge in [-0.05, 0) is 44.5 Å². The van der Waals surface area contributed by atoms with Crippen LogP contribution in [0.1, 0.15) is 23.9 Å². The molecule has 2 aromatic rings. The first kappa shape index (κ1) is 9.85. The van der Waals surface area contributed by atoms with Gasteiger partial charge in [0.25, 0.3) is 0 Å². The number of benzene rings is 1. The summed E-state index contributed by atoms with van der Waals surface area (Å²) in [5.74, 6) is 1.13. The molecule has 1 fully saturated rings. The molecule has 0 bridgehead atoms. The zero-order chi connectivity index (χ0) is 11.1. The van der Waals surface area contributed by atoms with E-state index >= 15 is 0 Å². The molecular formula is C13H17N3. The minimum atomic E-state index is 0.576. The van der Waals surface area contributed by atoms with Gasteiger partial charge in [-0.3, -0.25) is 0 Å². The van der Waals surface area contributed by atoms with E-state index in [-0.39, 0.29) is 0 Å². The van der Waals surface area contributed by atoms with Crippen molar-refractivity contribution in [3.63, 3.8) is 0 Å². The van der Waals surface area contributed by atoms with Gasteiger partial charge in [0.15, 0.2) is 0 Å². The second kappa shape index (κ2) is 3.59. The minimum absolute atomic E-state index is 0.576. The van der Waals surface area contributed by atoms with Crippen LogP contribution in [-0.4, -0.2) is 22.6 Å². The quantitative estimate of drug-likeness (QED) is 0.790. The van der Waals surface area contributed by atoms with Crippen LogP contribution in [0.2, 0.25) is 0 Å². The van der Waals surface area contributed by atoms with Crippen molar-refractivity contribution in [1.82, 2.24) is 14.9 Å². The molecule has 0 aliphatic carbocycles. The zero-order valence-electron chi connectivity index (χ0n) is 9.83. The van der Waals surface area contributed by atoms with Crippen LogP contribution in [0, 0.1) is 13.8 Å². The van der Waals surface area contributed by atoms with E-state index in [0.29, 0.717) is 6.04 Å². The highest BCUT2D eigenvalue weighted by atomic mass is 15.1. The predicted octanol–water partition coefficient (Wildman–Crippen LogP) is 2.19. The van der Waals surface area contributed by atoms with Crippen molar-refractivity contribution < 1.29 is 0 Å². The van der Waals surface area contributed by atoms with Crippen molar-refractivity contribution in [2.75, 3.05) is 13.1 Å². The Bertz CT molecular complexity index is 521. The van der Waals surface area contributed by atoms with Crippen LogP contribution in [0.25, 0.3) is 11.0 Å². The largest absolute Gasteiger partial charge is 0.324 e. The van der Waals surface area contributed by atoms with E-state index in [1.54, 1.807) is 0 Å². The third-order valence-electron chi connectivity index (χ3n) is 3.42. The van der Waals surface area contributed by atoms with Crippen LogP contribution < -0.4 is 5.32 Å². The summed E-state index contributed by atoms with van der Waals surface area (Å²) in [6.45, 7) is 6.43. The summed E-state index contributed by atoms with van der Waals surface area (Å²) in [7, 11) is 0. The van der Waals surface area contributed by atoms with Gasteiger partial charge in [-0.1, -0.05) is 6.07 Å². The molecule has 1 saturated heterocycles. The summed E-state index contributed by atoms with van der Waals surface area (Å²) < 4.78 is 2.39. The third-order valence-corrected chi connectivity index (χ3v) is 3.42. The molecule has 3 nitrogen and oxygen atoms in total. The lowest BCUT2D eigenvalue weighted by atomic mass is 10.2. The van der Waals surface area contributed by atoms with Crippen molar-refractivity contribution in [3.8, 4) is 0 Å². The summed E-state index contributed by atoms with van der Waals surface area (Å²) >= 11 is 0. The van der Waals surface area contributed by atoms with Crippen LogP contribution in [0.3, 0.4) is 0 Å². The Balaban J connectivity index is 2.20. The van der Waals surface area contributed by atoms with Gasteiger partial charge in [0.2, 0.25) is 0 Å². The first-order valence-corrected chi connectivity index (χ1v) is 5.91. The Morgan fingerprint density at radius 3 is 3.00 bits per heavy atom.